The van der Waals surface area contributed by atoms with Crippen LogP contribution in [0.2, 0.25) is 0 Å². The van der Waals surface area contributed by atoms with Crippen molar-refractivity contribution in [2.24, 2.45) is 0 Å². The summed E-state index contributed by atoms with van der Waals surface area (Å²) < 4.78 is 70.4. The molecular formula is C17H19F3N4O5S. The largest absolute Gasteiger partial charge is 0.434 e. The average molecular weight is 448 g/mol. The normalized spacial score (nSPS) is 25.1. The fourth-order valence-electron chi connectivity index (χ4n) is 2.83. The number of aliphatic hydroxyl groups excluding tert-OH is 2. The Morgan fingerprint density at radius 2 is 1.83 bits per heavy atom. The maximum atomic E-state index is 12.7. The highest BCUT2D eigenvalue weighted by Crippen LogP contribution is 2.28. The lowest BCUT2D eigenvalue weighted by Crippen LogP contribution is -2.58. The van der Waals surface area contributed by atoms with Crippen LogP contribution < -0.4 is 10.0 Å². The lowest BCUT2D eigenvalue weighted by atomic mass is 9.98. The highest BCUT2D eigenvalue weighted by atomic mass is 32.2. The molecule has 4 atom stereocenters. The molecular weight excluding hydrogens is 429 g/mol. The molecule has 1 saturated heterocycles. The topological polar surface area (TPSA) is 134 Å². The van der Waals surface area contributed by atoms with Gasteiger partial charge in [-0.05, 0) is 12.1 Å². The number of alkyl halides is 3. The molecule has 1 aliphatic heterocycles. The van der Waals surface area contributed by atoms with Gasteiger partial charge in [0.15, 0.2) is 5.69 Å². The van der Waals surface area contributed by atoms with Crippen LogP contribution in [0.4, 0.5) is 19.0 Å². The van der Waals surface area contributed by atoms with Crippen LogP contribution in [-0.2, 0) is 20.9 Å². The predicted molar refractivity (Wildman–Crippen MR) is 97.8 cm³/mol. The lowest BCUT2D eigenvalue weighted by molar-refractivity contribution is -0.141. The van der Waals surface area contributed by atoms with E-state index in [0.29, 0.717) is 6.20 Å². The first-order valence-electron chi connectivity index (χ1n) is 8.76. The summed E-state index contributed by atoms with van der Waals surface area (Å²) in [5, 5.41) is 23.1. The maximum absolute atomic E-state index is 12.7. The third kappa shape index (κ3) is 5.23. The van der Waals surface area contributed by atoms with Gasteiger partial charge in [-0.2, -0.15) is 13.2 Å². The number of aromatic nitrogens is 2. The van der Waals surface area contributed by atoms with Crippen LogP contribution in [0.5, 0.6) is 0 Å². The molecule has 164 valence electrons. The van der Waals surface area contributed by atoms with E-state index in [1.165, 1.54) is 12.1 Å². The van der Waals surface area contributed by atoms with Gasteiger partial charge in [0.1, 0.15) is 18.0 Å². The average Bonchev–Trinajstić information content (AvgIpc) is 2.71. The Balaban J connectivity index is 1.61. The highest BCUT2D eigenvalue weighted by molar-refractivity contribution is 7.89. The molecule has 1 aromatic heterocycles. The van der Waals surface area contributed by atoms with E-state index in [0.717, 1.165) is 6.20 Å². The third-order valence-corrected chi connectivity index (χ3v) is 5.86. The number of hydrogen-bond acceptors (Lipinski definition) is 8. The van der Waals surface area contributed by atoms with Gasteiger partial charge in [0.25, 0.3) is 0 Å². The van der Waals surface area contributed by atoms with Crippen LogP contribution in [-0.4, -0.2) is 66.1 Å². The minimum absolute atomic E-state index is 0.0264. The van der Waals surface area contributed by atoms with E-state index >= 15 is 0 Å². The first-order valence-corrected chi connectivity index (χ1v) is 10.2. The van der Waals surface area contributed by atoms with Gasteiger partial charge in [-0.3, -0.25) is 4.98 Å². The molecule has 0 spiro atoms. The number of halogens is 3. The molecule has 13 heteroatoms. The number of ether oxygens (including phenoxy) is 1. The van der Waals surface area contributed by atoms with Crippen molar-refractivity contribution in [1.29, 1.82) is 0 Å². The van der Waals surface area contributed by atoms with Crippen molar-refractivity contribution in [1.82, 2.24) is 14.7 Å². The Hall–Kier alpha value is -2.32. The van der Waals surface area contributed by atoms with Crippen LogP contribution in [0.25, 0.3) is 0 Å². The second kappa shape index (κ2) is 8.81. The van der Waals surface area contributed by atoms with Crippen molar-refractivity contribution in [3.05, 3.63) is 48.4 Å². The van der Waals surface area contributed by atoms with E-state index < -0.39 is 46.2 Å². The molecule has 0 radical (unpaired) electrons. The fraction of sp³-hybridized carbons (Fsp3) is 0.412. The van der Waals surface area contributed by atoms with E-state index in [2.05, 4.69) is 20.0 Å². The Morgan fingerprint density at radius 1 is 1.13 bits per heavy atom. The molecule has 4 N–H and O–H groups in total. The summed E-state index contributed by atoms with van der Waals surface area (Å²) in [5.41, 5.74) is -1.22. The Labute approximate surface area is 170 Å². The molecule has 3 rings (SSSR count). The van der Waals surface area contributed by atoms with Gasteiger partial charge in [0.2, 0.25) is 10.0 Å². The van der Waals surface area contributed by atoms with Crippen molar-refractivity contribution >= 4 is 15.8 Å². The molecule has 1 fully saturated rings. The molecule has 0 aliphatic carbocycles. The summed E-state index contributed by atoms with van der Waals surface area (Å²) in [7, 11) is -3.84. The number of nitrogens with one attached hydrogen (secondary N) is 2. The first kappa shape index (κ1) is 22.4. The van der Waals surface area contributed by atoms with Gasteiger partial charge in [-0.25, -0.2) is 18.1 Å². The first-order chi connectivity index (χ1) is 14.1. The smallest absolute Gasteiger partial charge is 0.388 e. The standard InChI is InChI=1S/C17H19F3N4O5S/c18-17(19,20)13-7-21-8-14(24-13)23-11-9-29-12(16(26)15(11)25)6-22-30(27,28)10-4-2-1-3-5-10/h1-5,7-8,11-12,15-16,22,25-26H,6,9H2,(H,23,24)/t11-,12+,15+,16-/m0/s1. The van der Waals surface area contributed by atoms with E-state index in [1.54, 1.807) is 18.2 Å². The summed E-state index contributed by atoms with van der Waals surface area (Å²) in [6, 6.07) is 6.57. The Bertz CT molecular complexity index is 961. The van der Waals surface area contributed by atoms with Crippen LogP contribution in [0.15, 0.2) is 47.6 Å². The van der Waals surface area contributed by atoms with Gasteiger partial charge >= 0.3 is 6.18 Å². The van der Waals surface area contributed by atoms with E-state index in [1.807, 2.05) is 0 Å². The number of aliphatic hydroxyl groups is 2. The van der Waals surface area contributed by atoms with E-state index in [-0.39, 0.29) is 23.9 Å². The van der Waals surface area contributed by atoms with Gasteiger partial charge in [-0.1, -0.05) is 18.2 Å². The van der Waals surface area contributed by atoms with Gasteiger partial charge in [0.05, 0.1) is 36.0 Å². The molecule has 1 aliphatic rings. The molecule has 1 aromatic carbocycles. The SMILES string of the molecule is O=S(=O)(NC[C@H]1OC[C@H](Nc2cncc(C(F)(F)F)n2)[C@@H](O)[C@H]1O)c1ccccc1. The van der Waals surface area contributed by atoms with E-state index in [9.17, 15) is 31.8 Å². The quantitative estimate of drug-likeness (QED) is 0.498. The van der Waals surface area contributed by atoms with Crippen LogP contribution in [0, 0.1) is 0 Å². The number of anilines is 1. The highest BCUT2D eigenvalue weighted by Gasteiger charge is 2.39. The van der Waals surface area contributed by atoms with Crippen molar-refractivity contribution < 1.29 is 36.5 Å². The van der Waals surface area contributed by atoms with Gasteiger partial charge < -0.3 is 20.3 Å². The predicted octanol–water partition coefficient (Wildman–Crippen LogP) is 0.375. The monoisotopic (exact) mass is 448 g/mol. The van der Waals surface area contributed by atoms with Crippen LogP contribution in [0.3, 0.4) is 0 Å². The number of rotatable bonds is 6. The summed E-state index contributed by atoms with van der Waals surface area (Å²) >= 11 is 0. The zero-order chi connectivity index (χ0) is 21.9. The zero-order valence-electron chi connectivity index (χ0n) is 15.3. The third-order valence-electron chi connectivity index (χ3n) is 4.42. The fourth-order valence-corrected chi connectivity index (χ4v) is 3.89. The van der Waals surface area contributed by atoms with Gasteiger partial charge in [0, 0.05) is 6.54 Å². The molecule has 9 nitrogen and oxygen atoms in total. The van der Waals surface area contributed by atoms with Crippen molar-refractivity contribution in [2.45, 2.75) is 35.4 Å². The van der Waals surface area contributed by atoms with Gasteiger partial charge in [-0.15, -0.1) is 0 Å². The zero-order valence-corrected chi connectivity index (χ0v) is 16.1. The molecule has 0 saturated carbocycles. The van der Waals surface area contributed by atoms with Crippen molar-refractivity contribution in [2.75, 3.05) is 18.5 Å². The van der Waals surface area contributed by atoms with Crippen molar-refractivity contribution in [3.8, 4) is 0 Å². The Morgan fingerprint density at radius 3 is 2.50 bits per heavy atom. The summed E-state index contributed by atoms with van der Waals surface area (Å²) in [6.07, 6.45) is -7.12. The number of hydrogen-bond donors (Lipinski definition) is 4. The van der Waals surface area contributed by atoms with Crippen LogP contribution >= 0.6 is 0 Å². The molecule has 0 bridgehead atoms. The minimum atomic E-state index is -4.69. The minimum Gasteiger partial charge on any atom is -0.388 e. The number of nitrogens with zero attached hydrogens (tertiary/aromatic N) is 2. The Kier molecular flexibility index (Phi) is 6.57. The molecule has 0 unspecified atom stereocenters. The maximum Gasteiger partial charge on any atom is 0.434 e. The lowest BCUT2D eigenvalue weighted by Gasteiger charge is -2.38. The number of benzene rings is 1. The van der Waals surface area contributed by atoms with Crippen molar-refractivity contribution in [3.63, 3.8) is 0 Å². The summed E-state index contributed by atoms with van der Waals surface area (Å²) in [4.78, 5) is 6.86. The summed E-state index contributed by atoms with van der Waals surface area (Å²) in [6.45, 7) is -0.528. The molecule has 0 amide bonds. The number of sulfonamides is 1. The second-order valence-electron chi connectivity index (χ2n) is 6.56. The molecule has 2 heterocycles. The summed E-state index contributed by atoms with van der Waals surface area (Å²) in [5.74, 6) is -0.257. The molecule has 30 heavy (non-hydrogen) atoms. The second-order valence-corrected chi connectivity index (χ2v) is 8.32. The van der Waals surface area contributed by atoms with Crippen LogP contribution in [0.1, 0.15) is 5.69 Å². The molecule has 2 aromatic rings. The van der Waals surface area contributed by atoms with E-state index in [4.69, 9.17) is 4.74 Å².